The van der Waals surface area contributed by atoms with Crippen molar-refractivity contribution in [2.24, 2.45) is 0 Å². The van der Waals surface area contributed by atoms with Gasteiger partial charge in [-0.25, -0.2) is 9.97 Å². The summed E-state index contributed by atoms with van der Waals surface area (Å²) in [6.07, 6.45) is 1.74. The maximum absolute atomic E-state index is 5.85. The van der Waals surface area contributed by atoms with Gasteiger partial charge in [-0.1, -0.05) is 17.4 Å². The number of anilines is 3. The van der Waals surface area contributed by atoms with Crippen molar-refractivity contribution in [1.82, 2.24) is 9.97 Å². The number of nitrogens with zero attached hydrogens (tertiary/aromatic N) is 2. The summed E-state index contributed by atoms with van der Waals surface area (Å²) in [6.45, 7) is 0. The number of rotatable bonds is 4. The van der Waals surface area contributed by atoms with Crippen LogP contribution in [0.3, 0.4) is 0 Å². The average Bonchev–Trinajstić information content (AvgIpc) is 2.89. The zero-order chi connectivity index (χ0) is 14.7. The van der Waals surface area contributed by atoms with Crippen LogP contribution in [0.5, 0.6) is 5.75 Å². The van der Waals surface area contributed by atoms with Crippen molar-refractivity contribution in [2.45, 2.75) is 0 Å². The Balaban J connectivity index is 1.95. The molecule has 3 N–H and O–H groups in total. The molecule has 3 rings (SSSR count). The third kappa shape index (κ3) is 2.95. The Morgan fingerprint density at radius 3 is 2.62 bits per heavy atom. The van der Waals surface area contributed by atoms with E-state index in [9.17, 15) is 0 Å². The van der Waals surface area contributed by atoms with Crippen LogP contribution in [0, 0.1) is 0 Å². The number of nitrogens with one attached hydrogen (secondary N) is 1. The second-order valence-corrected chi connectivity index (χ2v) is 5.33. The zero-order valence-electron chi connectivity index (χ0n) is 11.4. The lowest BCUT2D eigenvalue weighted by atomic mass is 10.1. The number of nitrogens with two attached hydrogens (primary N) is 1. The Labute approximate surface area is 126 Å². The van der Waals surface area contributed by atoms with Crippen molar-refractivity contribution in [1.29, 1.82) is 0 Å². The largest absolute Gasteiger partial charge is 0.497 e. The molecule has 5 nitrogen and oxygen atoms in total. The van der Waals surface area contributed by atoms with Crippen LogP contribution < -0.4 is 15.8 Å². The smallest absolute Gasteiger partial charge is 0.182 e. The SMILES string of the molecule is COc1ccc(-c2nc(N)sc2Nc2ccccn2)cc1. The zero-order valence-corrected chi connectivity index (χ0v) is 12.2. The fourth-order valence-corrected chi connectivity index (χ4v) is 2.68. The van der Waals surface area contributed by atoms with Crippen LogP contribution in [0.2, 0.25) is 0 Å². The van der Waals surface area contributed by atoms with Crippen molar-refractivity contribution in [2.75, 3.05) is 18.2 Å². The number of nitrogen functional groups attached to an aromatic ring is 1. The molecule has 0 bridgehead atoms. The summed E-state index contributed by atoms with van der Waals surface area (Å²) in [5.74, 6) is 1.57. The number of thiazole rings is 1. The van der Waals surface area contributed by atoms with Crippen molar-refractivity contribution in [3.63, 3.8) is 0 Å². The highest BCUT2D eigenvalue weighted by atomic mass is 32.1. The third-order valence-corrected chi connectivity index (χ3v) is 3.71. The number of ether oxygens (including phenoxy) is 1. The molecule has 6 heteroatoms. The molecular weight excluding hydrogens is 284 g/mol. The van der Waals surface area contributed by atoms with Crippen LogP contribution in [0.1, 0.15) is 0 Å². The van der Waals surface area contributed by atoms with Gasteiger partial charge in [-0.2, -0.15) is 0 Å². The molecule has 0 aliphatic rings. The normalized spacial score (nSPS) is 10.3. The lowest BCUT2D eigenvalue weighted by molar-refractivity contribution is 0.415. The maximum atomic E-state index is 5.85. The molecule has 3 aromatic rings. The molecule has 0 aliphatic carbocycles. The van der Waals surface area contributed by atoms with Gasteiger partial charge in [0.05, 0.1) is 7.11 Å². The van der Waals surface area contributed by atoms with E-state index in [-0.39, 0.29) is 0 Å². The van der Waals surface area contributed by atoms with Crippen LogP contribution in [-0.4, -0.2) is 17.1 Å². The molecule has 2 heterocycles. The van der Waals surface area contributed by atoms with Crippen LogP contribution in [-0.2, 0) is 0 Å². The first-order chi connectivity index (χ1) is 10.3. The molecule has 1 aromatic carbocycles. The van der Waals surface area contributed by atoms with E-state index in [2.05, 4.69) is 15.3 Å². The Kier molecular flexibility index (Phi) is 3.70. The average molecular weight is 298 g/mol. The minimum absolute atomic E-state index is 0.513. The lowest BCUT2D eigenvalue weighted by Crippen LogP contribution is -1.92. The molecular formula is C15H14N4OS. The van der Waals surface area contributed by atoms with Gasteiger partial charge < -0.3 is 15.8 Å². The number of methoxy groups -OCH3 is 1. The second kappa shape index (κ2) is 5.80. The highest BCUT2D eigenvalue weighted by Gasteiger charge is 2.12. The summed E-state index contributed by atoms with van der Waals surface area (Å²) < 4.78 is 5.17. The predicted octanol–water partition coefficient (Wildman–Crippen LogP) is 3.54. The van der Waals surface area contributed by atoms with E-state index in [1.165, 1.54) is 11.3 Å². The number of pyridine rings is 1. The van der Waals surface area contributed by atoms with Gasteiger partial charge in [-0.3, -0.25) is 0 Å². The summed E-state index contributed by atoms with van der Waals surface area (Å²) in [6, 6.07) is 13.4. The topological polar surface area (TPSA) is 73.1 Å². The quantitative estimate of drug-likeness (QED) is 0.770. The van der Waals surface area contributed by atoms with Crippen molar-refractivity contribution in [3.05, 3.63) is 48.7 Å². The van der Waals surface area contributed by atoms with Gasteiger partial charge in [0.2, 0.25) is 0 Å². The van der Waals surface area contributed by atoms with Crippen molar-refractivity contribution < 1.29 is 4.74 Å². The van der Waals surface area contributed by atoms with Crippen molar-refractivity contribution >= 4 is 27.3 Å². The fourth-order valence-electron chi connectivity index (χ4n) is 1.92. The summed E-state index contributed by atoms with van der Waals surface area (Å²) in [7, 11) is 1.64. The van der Waals surface area contributed by atoms with Crippen LogP contribution in [0.25, 0.3) is 11.3 Å². The highest BCUT2D eigenvalue weighted by Crippen LogP contribution is 2.36. The molecule has 0 spiro atoms. The molecule has 0 radical (unpaired) electrons. The summed E-state index contributed by atoms with van der Waals surface area (Å²) in [5.41, 5.74) is 7.63. The van der Waals surface area contributed by atoms with Gasteiger partial charge in [0.25, 0.3) is 0 Å². The number of benzene rings is 1. The monoisotopic (exact) mass is 298 g/mol. The highest BCUT2D eigenvalue weighted by molar-refractivity contribution is 7.19. The molecule has 0 saturated heterocycles. The van der Waals surface area contributed by atoms with Gasteiger partial charge >= 0.3 is 0 Å². The maximum Gasteiger partial charge on any atom is 0.182 e. The van der Waals surface area contributed by atoms with Gasteiger partial charge in [-0.15, -0.1) is 0 Å². The predicted molar refractivity (Wildman–Crippen MR) is 86.0 cm³/mol. The first-order valence-corrected chi connectivity index (χ1v) is 7.16. The van der Waals surface area contributed by atoms with E-state index in [1.54, 1.807) is 13.3 Å². The van der Waals surface area contributed by atoms with E-state index in [4.69, 9.17) is 10.5 Å². The molecule has 0 aliphatic heterocycles. The number of aromatic nitrogens is 2. The van der Waals surface area contributed by atoms with Gasteiger partial charge in [-0.05, 0) is 36.4 Å². The fraction of sp³-hybridized carbons (Fsp3) is 0.0667. The summed E-state index contributed by atoms with van der Waals surface area (Å²) in [5, 5.41) is 4.64. The molecule has 2 aromatic heterocycles. The standard InChI is InChI=1S/C15H14N4OS/c1-20-11-7-5-10(6-8-11)13-14(21-15(16)19-13)18-12-4-2-3-9-17-12/h2-9H,1H3,(H2,16,19)(H,17,18). The Hall–Kier alpha value is -2.60. The van der Waals surface area contributed by atoms with E-state index in [1.807, 2.05) is 42.5 Å². The lowest BCUT2D eigenvalue weighted by Gasteiger charge is -2.06. The summed E-state index contributed by atoms with van der Waals surface area (Å²) >= 11 is 1.40. The third-order valence-electron chi connectivity index (χ3n) is 2.91. The van der Waals surface area contributed by atoms with Gasteiger partial charge in [0.15, 0.2) is 5.13 Å². The molecule has 21 heavy (non-hydrogen) atoms. The minimum Gasteiger partial charge on any atom is -0.497 e. The van der Waals surface area contributed by atoms with Crippen LogP contribution >= 0.6 is 11.3 Å². The van der Waals surface area contributed by atoms with E-state index >= 15 is 0 Å². The molecule has 0 saturated carbocycles. The first-order valence-electron chi connectivity index (χ1n) is 6.35. The van der Waals surface area contributed by atoms with E-state index < -0.39 is 0 Å². The summed E-state index contributed by atoms with van der Waals surface area (Å²) in [4.78, 5) is 8.65. The molecule has 0 amide bonds. The van der Waals surface area contributed by atoms with Crippen LogP contribution in [0.4, 0.5) is 16.0 Å². The molecule has 0 atom stereocenters. The Morgan fingerprint density at radius 1 is 1.14 bits per heavy atom. The second-order valence-electron chi connectivity index (χ2n) is 4.30. The van der Waals surface area contributed by atoms with E-state index in [0.717, 1.165) is 27.8 Å². The number of hydrogen-bond acceptors (Lipinski definition) is 6. The van der Waals surface area contributed by atoms with Gasteiger partial charge in [0, 0.05) is 11.8 Å². The number of hydrogen-bond donors (Lipinski definition) is 2. The van der Waals surface area contributed by atoms with E-state index in [0.29, 0.717) is 5.13 Å². The Bertz CT molecular complexity index is 725. The Morgan fingerprint density at radius 2 is 1.95 bits per heavy atom. The van der Waals surface area contributed by atoms with Gasteiger partial charge in [0.1, 0.15) is 22.3 Å². The van der Waals surface area contributed by atoms with Crippen LogP contribution in [0.15, 0.2) is 48.7 Å². The van der Waals surface area contributed by atoms with Crippen molar-refractivity contribution in [3.8, 4) is 17.0 Å². The molecule has 0 unspecified atom stereocenters. The first kappa shape index (κ1) is 13.4. The minimum atomic E-state index is 0.513. The molecule has 0 fully saturated rings. The molecule has 106 valence electrons.